The van der Waals surface area contributed by atoms with Crippen LogP contribution >= 0.6 is 0 Å². The van der Waals surface area contributed by atoms with Crippen LogP contribution in [-0.2, 0) is 18.0 Å². The topological polar surface area (TPSA) is 60.2 Å². The van der Waals surface area contributed by atoms with E-state index in [9.17, 15) is 18.0 Å². The van der Waals surface area contributed by atoms with Crippen LogP contribution in [-0.4, -0.2) is 45.3 Å². The van der Waals surface area contributed by atoms with Gasteiger partial charge in [0.1, 0.15) is 6.10 Å². The number of morpholine rings is 1. The van der Waals surface area contributed by atoms with Crippen LogP contribution < -0.4 is 0 Å². The summed E-state index contributed by atoms with van der Waals surface area (Å²) in [5.74, 6) is -0.701. The van der Waals surface area contributed by atoms with Crippen molar-refractivity contribution in [2.45, 2.75) is 12.3 Å². The predicted molar refractivity (Wildman–Crippen MR) is 77.0 cm³/mol. The molecular weight excluding hydrogens is 325 g/mol. The predicted octanol–water partition coefficient (Wildman–Crippen LogP) is 2.05. The minimum Gasteiger partial charge on any atom is -0.370 e. The Bertz CT molecular complexity index is 744. The monoisotopic (exact) mass is 340 g/mol. The third kappa shape index (κ3) is 3.25. The lowest BCUT2D eigenvalue weighted by Crippen LogP contribution is -2.42. The number of aromatic nitrogens is 3. The first-order valence-electron chi connectivity index (χ1n) is 7.28. The lowest BCUT2D eigenvalue weighted by atomic mass is 10.1. The van der Waals surface area contributed by atoms with Crippen molar-refractivity contribution in [3.05, 3.63) is 47.5 Å². The van der Waals surface area contributed by atoms with Crippen LogP contribution in [0, 0.1) is 0 Å². The van der Waals surface area contributed by atoms with E-state index in [2.05, 4.69) is 10.1 Å². The molecule has 1 unspecified atom stereocenters. The van der Waals surface area contributed by atoms with Crippen molar-refractivity contribution in [1.29, 1.82) is 0 Å². The fourth-order valence-corrected chi connectivity index (χ4v) is 2.62. The van der Waals surface area contributed by atoms with Gasteiger partial charge in [-0.15, -0.1) is 0 Å². The highest BCUT2D eigenvalue weighted by atomic mass is 19.4. The second-order valence-electron chi connectivity index (χ2n) is 5.46. The number of amides is 1. The Morgan fingerprint density at radius 3 is 2.88 bits per heavy atom. The Labute approximate surface area is 135 Å². The first kappa shape index (κ1) is 16.4. The molecule has 24 heavy (non-hydrogen) atoms. The molecule has 0 radical (unpaired) electrons. The lowest BCUT2D eigenvalue weighted by Gasteiger charge is -2.33. The maximum absolute atomic E-state index is 13.1. The molecule has 6 nitrogen and oxygen atoms in total. The Morgan fingerprint density at radius 1 is 1.42 bits per heavy atom. The molecule has 128 valence electrons. The second-order valence-corrected chi connectivity index (χ2v) is 5.46. The highest BCUT2D eigenvalue weighted by Crippen LogP contribution is 2.31. The Hall–Kier alpha value is -2.42. The SMILES string of the molecule is Cn1cc(C2CN(C(=O)c3cccnc3C(F)(F)F)CCO2)cn1. The number of nitrogens with zero attached hydrogens (tertiary/aromatic N) is 4. The van der Waals surface area contributed by atoms with Crippen molar-refractivity contribution < 1.29 is 22.7 Å². The number of alkyl halides is 3. The average molecular weight is 340 g/mol. The third-order valence-electron chi connectivity index (χ3n) is 3.76. The van der Waals surface area contributed by atoms with E-state index >= 15 is 0 Å². The van der Waals surface area contributed by atoms with Gasteiger partial charge in [0, 0.05) is 31.5 Å². The van der Waals surface area contributed by atoms with Gasteiger partial charge >= 0.3 is 6.18 Å². The second kappa shape index (κ2) is 6.23. The molecule has 9 heteroatoms. The Kier molecular flexibility index (Phi) is 4.27. The maximum atomic E-state index is 13.1. The van der Waals surface area contributed by atoms with E-state index in [0.29, 0.717) is 0 Å². The van der Waals surface area contributed by atoms with E-state index in [-0.39, 0.29) is 19.7 Å². The summed E-state index contributed by atoms with van der Waals surface area (Å²) in [5, 5.41) is 4.04. The molecule has 1 fully saturated rings. The molecule has 2 aromatic heterocycles. The van der Waals surface area contributed by atoms with Gasteiger partial charge in [0.15, 0.2) is 5.69 Å². The molecule has 2 aromatic rings. The van der Waals surface area contributed by atoms with Gasteiger partial charge in [-0.3, -0.25) is 14.5 Å². The van der Waals surface area contributed by atoms with Crippen LogP contribution in [0.15, 0.2) is 30.7 Å². The molecule has 0 aromatic carbocycles. The molecule has 1 aliphatic heterocycles. The molecule has 1 amide bonds. The maximum Gasteiger partial charge on any atom is 0.434 e. The van der Waals surface area contributed by atoms with Gasteiger partial charge < -0.3 is 9.64 Å². The van der Waals surface area contributed by atoms with Gasteiger partial charge in [-0.05, 0) is 12.1 Å². The molecule has 0 spiro atoms. The summed E-state index contributed by atoms with van der Waals surface area (Å²) in [6.07, 6.45) is -0.700. The highest BCUT2D eigenvalue weighted by Gasteiger charge is 2.38. The number of hydrogen-bond acceptors (Lipinski definition) is 4. The molecule has 3 rings (SSSR count). The fourth-order valence-electron chi connectivity index (χ4n) is 2.62. The van der Waals surface area contributed by atoms with Crippen molar-refractivity contribution in [2.24, 2.45) is 7.05 Å². The van der Waals surface area contributed by atoms with Crippen LogP contribution in [0.4, 0.5) is 13.2 Å². The van der Waals surface area contributed by atoms with Crippen molar-refractivity contribution in [3.8, 4) is 0 Å². The van der Waals surface area contributed by atoms with E-state index in [1.54, 1.807) is 24.1 Å². The third-order valence-corrected chi connectivity index (χ3v) is 3.76. The lowest BCUT2D eigenvalue weighted by molar-refractivity contribution is -0.141. The minimum atomic E-state index is -4.68. The van der Waals surface area contributed by atoms with E-state index in [1.165, 1.54) is 11.0 Å². The quantitative estimate of drug-likeness (QED) is 0.839. The Balaban J connectivity index is 1.83. The molecule has 1 saturated heterocycles. The average Bonchev–Trinajstić information content (AvgIpc) is 3.00. The van der Waals surface area contributed by atoms with Crippen molar-refractivity contribution >= 4 is 5.91 Å². The van der Waals surface area contributed by atoms with Gasteiger partial charge in [-0.2, -0.15) is 18.3 Å². The number of aryl methyl sites for hydroxylation is 1. The van der Waals surface area contributed by atoms with Crippen molar-refractivity contribution in [3.63, 3.8) is 0 Å². The number of carbonyl (C=O) groups excluding carboxylic acids is 1. The number of ether oxygens (including phenoxy) is 1. The largest absolute Gasteiger partial charge is 0.434 e. The van der Waals surface area contributed by atoms with Crippen molar-refractivity contribution in [1.82, 2.24) is 19.7 Å². The summed E-state index contributed by atoms with van der Waals surface area (Å²) in [4.78, 5) is 17.2. The van der Waals surface area contributed by atoms with E-state index in [0.717, 1.165) is 17.8 Å². The van der Waals surface area contributed by atoms with Gasteiger partial charge in [0.25, 0.3) is 5.91 Å². The number of hydrogen-bond donors (Lipinski definition) is 0. The first-order chi connectivity index (χ1) is 11.4. The van der Waals surface area contributed by atoms with Crippen LogP contribution in [0.25, 0.3) is 0 Å². The zero-order valence-electron chi connectivity index (χ0n) is 12.8. The van der Waals surface area contributed by atoms with Crippen LogP contribution in [0.2, 0.25) is 0 Å². The summed E-state index contributed by atoms with van der Waals surface area (Å²) in [5.41, 5.74) is -0.839. The summed E-state index contributed by atoms with van der Waals surface area (Å²) >= 11 is 0. The van der Waals surface area contributed by atoms with Gasteiger partial charge in [0.05, 0.1) is 24.9 Å². The number of carbonyl (C=O) groups is 1. The smallest absolute Gasteiger partial charge is 0.370 e. The summed E-state index contributed by atoms with van der Waals surface area (Å²) in [7, 11) is 1.75. The molecule has 0 aliphatic carbocycles. The van der Waals surface area contributed by atoms with Crippen LogP contribution in [0.5, 0.6) is 0 Å². The molecule has 1 aliphatic rings. The zero-order chi connectivity index (χ0) is 17.3. The minimum absolute atomic E-state index is 0.163. The number of rotatable bonds is 2. The summed E-state index contributed by atoms with van der Waals surface area (Å²) in [6.45, 7) is 0.630. The van der Waals surface area contributed by atoms with Gasteiger partial charge in [-0.1, -0.05) is 0 Å². The van der Waals surface area contributed by atoms with Crippen molar-refractivity contribution in [2.75, 3.05) is 19.7 Å². The standard InChI is InChI=1S/C15H15F3N4O2/c1-21-8-10(7-20-21)12-9-22(5-6-24-12)14(23)11-3-2-4-19-13(11)15(16,17)18/h2-4,7-8,12H,5-6,9H2,1H3. The van der Waals surface area contributed by atoms with E-state index in [1.807, 2.05) is 0 Å². The van der Waals surface area contributed by atoms with Crippen LogP contribution in [0.1, 0.15) is 27.7 Å². The zero-order valence-corrected chi connectivity index (χ0v) is 12.8. The van der Waals surface area contributed by atoms with E-state index < -0.39 is 29.4 Å². The molecular formula is C15H15F3N4O2. The van der Waals surface area contributed by atoms with Gasteiger partial charge in [0.2, 0.25) is 0 Å². The van der Waals surface area contributed by atoms with Crippen LogP contribution in [0.3, 0.4) is 0 Å². The number of halogens is 3. The number of pyridine rings is 1. The van der Waals surface area contributed by atoms with Gasteiger partial charge in [-0.25, -0.2) is 0 Å². The first-order valence-corrected chi connectivity index (χ1v) is 7.28. The molecule has 1 atom stereocenters. The summed E-state index contributed by atoms with van der Waals surface area (Å²) in [6, 6.07) is 2.47. The normalized spacial score (nSPS) is 18.7. The fraction of sp³-hybridized carbons (Fsp3) is 0.400. The molecule has 0 bridgehead atoms. The Morgan fingerprint density at radius 2 is 2.21 bits per heavy atom. The molecule has 0 saturated carbocycles. The highest BCUT2D eigenvalue weighted by molar-refractivity contribution is 5.95. The van der Waals surface area contributed by atoms with E-state index in [4.69, 9.17) is 4.74 Å². The molecule has 0 N–H and O–H groups in total. The molecule has 3 heterocycles. The summed E-state index contributed by atoms with van der Waals surface area (Å²) < 4.78 is 46.4.